The summed E-state index contributed by atoms with van der Waals surface area (Å²) in [5.41, 5.74) is 5.32. The zero-order valence-electron chi connectivity index (χ0n) is 12.3. The lowest BCUT2D eigenvalue weighted by Crippen LogP contribution is -2.59. The Balaban J connectivity index is 2.55. The zero-order valence-corrected chi connectivity index (χ0v) is 12.3. The SMILES string of the molecule is N[C@H](CO)[C@@H](O)[C@H](O)[C@H](O)CO[C@H]1O[C@H](CO)[C@@H](O)[C@H](O)[C@H]1O. The Morgan fingerprint density at radius 3 is 2.09 bits per heavy atom. The third kappa shape index (κ3) is 5.01. The summed E-state index contributed by atoms with van der Waals surface area (Å²) in [7, 11) is 0. The lowest BCUT2D eigenvalue weighted by molar-refractivity contribution is -0.306. The molecule has 0 spiro atoms. The Hall–Kier alpha value is -0.440. The van der Waals surface area contributed by atoms with E-state index in [9.17, 15) is 30.6 Å². The summed E-state index contributed by atoms with van der Waals surface area (Å²) < 4.78 is 10.1. The molecule has 1 fully saturated rings. The van der Waals surface area contributed by atoms with E-state index < -0.39 is 74.9 Å². The van der Waals surface area contributed by atoms with E-state index in [1.54, 1.807) is 0 Å². The summed E-state index contributed by atoms with van der Waals surface area (Å²) >= 11 is 0. The van der Waals surface area contributed by atoms with Gasteiger partial charge in [0.25, 0.3) is 0 Å². The smallest absolute Gasteiger partial charge is 0.186 e. The first-order valence-electron chi connectivity index (χ1n) is 7.07. The standard InChI is InChI=1S/C12H25NO10/c13-4(1-14)7(17)8(18)5(16)3-22-12-11(21)10(20)9(19)6(2-15)23-12/h4-12,14-21H,1-3,13H2/t4-,5-,6-,7-,8-,9-,10+,11-,12+/m1/s1. The zero-order chi connectivity index (χ0) is 17.7. The molecule has 0 radical (unpaired) electrons. The molecule has 1 heterocycles. The molecule has 138 valence electrons. The van der Waals surface area contributed by atoms with Crippen LogP contribution < -0.4 is 5.73 Å². The van der Waals surface area contributed by atoms with Crippen molar-refractivity contribution in [2.45, 2.75) is 55.1 Å². The fraction of sp³-hybridized carbons (Fsp3) is 1.00. The topological polar surface area (TPSA) is 206 Å². The van der Waals surface area contributed by atoms with Crippen LogP contribution in [0, 0.1) is 0 Å². The van der Waals surface area contributed by atoms with Crippen LogP contribution in [-0.4, -0.2) is 116 Å². The van der Waals surface area contributed by atoms with Crippen LogP contribution in [-0.2, 0) is 9.47 Å². The van der Waals surface area contributed by atoms with Gasteiger partial charge in [-0.15, -0.1) is 0 Å². The van der Waals surface area contributed by atoms with E-state index in [1.165, 1.54) is 0 Å². The molecule has 0 bridgehead atoms. The van der Waals surface area contributed by atoms with Crippen LogP contribution in [0.1, 0.15) is 0 Å². The van der Waals surface area contributed by atoms with Gasteiger partial charge in [-0.2, -0.15) is 0 Å². The molecule has 0 aromatic rings. The molecule has 0 saturated carbocycles. The summed E-state index contributed by atoms with van der Waals surface area (Å²) in [4.78, 5) is 0. The Kier molecular flexibility index (Phi) is 8.20. The number of nitrogens with two attached hydrogens (primary N) is 1. The first-order valence-corrected chi connectivity index (χ1v) is 7.07. The van der Waals surface area contributed by atoms with E-state index in [-0.39, 0.29) is 0 Å². The number of hydrogen-bond acceptors (Lipinski definition) is 11. The van der Waals surface area contributed by atoms with E-state index in [4.69, 9.17) is 25.4 Å². The van der Waals surface area contributed by atoms with Crippen LogP contribution in [0.15, 0.2) is 0 Å². The number of aliphatic hydroxyl groups is 8. The van der Waals surface area contributed by atoms with Gasteiger partial charge in [0.05, 0.1) is 32.0 Å². The lowest BCUT2D eigenvalue weighted by Gasteiger charge is -2.40. The van der Waals surface area contributed by atoms with Crippen molar-refractivity contribution in [1.29, 1.82) is 0 Å². The number of rotatable bonds is 8. The van der Waals surface area contributed by atoms with E-state index in [1.807, 2.05) is 0 Å². The second-order valence-corrected chi connectivity index (χ2v) is 5.43. The molecule has 0 unspecified atom stereocenters. The highest BCUT2D eigenvalue weighted by atomic mass is 16.7. The van der Waals surface area contributed by atoms with E-state index >= 15 is 0 Å². The van der Waals surface area contributed by atoms with E-state index in [0.717, 1.165) is 0 Å². The minimum Gasteiger partial charge on any atom is -0.395 e. The van der Waals surface area contributed by atoms with Gasteiger partial charge >= 0.3 is 0 Å². The van der Waals surface area contributed by atoms with Crippen LogP contribution in [0.5, 0.6) is 0 Å². The molecule has 0 amide bonds. The van der Waals surface area contributed by atoms with Gasteiger partial charge in [-0.1, -0.05) is 0 Å². The largest absolute Gasteiger partial charge is 0.395 e. The fourth-order valence-corrected chi connectivity index (χ4v) is 2.09. The van der Waals surface area contributed by atoms with Crippen LogP contribution in [0.25, 0.3) is 0 Å². The number of ether oxygens (including phenoxy) is 2. The summed E-state index contributed by atoms with van der Waals surface area (Å²) in [6, 6.07) is -1.17. The molecule has 10 N–H and O–H groups in total. The second kappa shape index (κ2) is 9.15. The van der Waals surface area contributed by atoms with Crippen molar-refractivity contribution in [3.05, 3.63) is 0 Å². The third-order valence-electron chi connectivity index (χ3n) is 3.67. The Morgan fingerprint density at radius 2 is 1.57 bits per heavy atom. The number of aliphatic hydroxyl groups excluding tert-OH is 8. The summed E-state index contributed by atoms with van der Waals surface area (Å²) in [6.07, 6.45) is -12.5. The van der Waals surface area contributed by atoms with Gasteiger partial charge in [0, 0.05) is 0 Å². The summed E-state index contributed by atoms with van der Waals surface area (Å²) in [5.74, 6) is 0. The van der Waals surface area contributed by atoms with Crippen molar-refractivity contribution in [2.75, 3.05) is 19.8 Å². The first kappa shape index (κ1) is 20.6. The van der Waals surface area contributed by atoms with Crippen molar-refractivity contribution in [2.24, 2.45) is 5.73 Å². The van der Waals surface area contributed by atoms with Crippen molar-refractivity contribution < 1.29 is 50.3 Å². The second-order valence-electron chi connectivity index (χ2n) is 5.43. The maximum Gasteiger partial charge on any atom is 0.186 e. The maximum absolute atomic E-state index is 9.72. The third-order valence-corrected chi connectivity index (χ3v) is 3.67. The normalized spacial score (nSPS) is 37.2. The van der Waals surface area contributed by atoms with Crippen LogP contribution in [0.3, 0.4) is 0 Å². The average Bonchev–Trinajstić information content (AvgIpc) is 2.56. The molecule has 0 aliphatic carbocycles. The molecule has 1 rings (SSSR count). The number of hydrogen-bond donors (Lipinski definition) is 9. The first-order chi connectivity index (χ1) is 10.7. The van der Waals surface area contributed by atoms with Gasteiger partial charge in [0.2, 0.25) is 0 Å². The predicted molar refractivity (Wildman–Crippen MR) is 72.8 cm³/mol. The molecular weight excluding hydrogens is 318 g/mol. The van der Waals surface area contributed by atoms with Crippen molar-refractivity contribution in [1.82, 2.24) is 0 Å². The minimum atomic E-state index is -1.73. The molecular formula is C12H25NO10. The highest BCUT2D eigenvalue weighted by Gasteiger charge is 2.44. The summed E-state index contributed by atoms with van der Waals surface area (Å²) in [5, 5.41) is 75.6. The monoisotopic (exact) mass is 343 g/mol. The van der Waals surface area contributed by atoms with E-state index in [0.29, 0.717) is 0 Å². The molecule has 0 aromatic heterocycles. The van der Waals surface area contributed by atoms with Crippen molar-refractivity contribution >= 4 is 0 Å². The van der Waals surface area contributed by atoms with Gasteiger partial charge in [0.1, 0.15) is 36.6 Å². The highest BCUT2D eigenvalue weighted by molar-refractivity contribution is 4.89. The van der Waals surface area contributed by atoms with Crippen LogP contribution in [0.4, 0.5) is 0 Å². The van der Waals surface area contributed by atoms with E-state index in [2.05, 4.69) is 0 Å². The molecule has 1 saturated heterocycles. The summed E-state index contributed by atoms with van der Waals surface area (Å²) in [6.45, 7) is -1.86. The Morgan fingerprint density at radius 1 is 0.957 bits per heavy atom. The Labute approximate surface area is 132 Å². The minimum absolute atomic E-state index is 0.612. The Bertz CT molecular complexity index is 346. The van der Waals surface area contributed by atoms with Crippen molar-refractivity contribution in [3.8, 4) is 0 Å². The van der Waals surface area contributed by atoms with Crippen LogP contribution in [0.2, 0.25) is 0 Å². The quantitative estimate of drug-likeness (QED) is 0.203. The molecule has 0 aromatic carbocycles. The molecule has 1 aliphatic heterocycles. The molecule has 1 aliphatic rings. The highest BCUT2D eigenvalue weighted by Crippen LogP contribution is 2.22. The predicted octanol–water partition coefficient (Wildman–Crippen LogP) is -5.79. The van der Waals surface area contributed by atoms with Gasteiger partial charge in [-0.25, -0.2) is 0 Å². The average molecular weight is 343 g/mol. The fourth-order valence-electron chi connectivity index (χ4n) is 2.09. The molecule has 23 heavy (non-hydrogen) atoms. The van der Waals surface area contributed by atoms with Crippen LogP contribution >= 0.6 is 0 Å². The van der Waals surface area contributed by atoms with Gasteiger partial charge in [-0.3, -0.25) is 0 Å². The molecule has 9 atom stereocenters. The van der Waals surface area contributed by atoms with Crippen molar-refractivity contribution in [3.63, 3.8) is 0 Å². The van der Waals surface area contributed by atoms with Gasteiger partial charge in [0.15, 0.2) is 6.29 Å². The molecule has 11 nitrogen and oxygen atoms in total. The maximum atomic E-state index is 9.72. The lowest BCUT2D eigenvalue weighted by atomic mass is 9.99. The molecule has 11 heteroatoms. The van der Waals surface area contributed by atoms with Gasteiger partial charge in [-0.05, 0) is 0 Å². The van der Waals surface area contributed by atoms with Gasteiger partial charge < -0.3 is 56.1 Å².